The minimum Gasteiger partial charge on any atom is -0.390 e. The molecule has 0 aromatic heterocycles. The molecule has 1 saturated heterocycles. The van der Waals surface area contributed by atoms with Crippen LogP contribution in [0, 0.1) is 0 Å². The number of aliphatic hydroxyl groups is 1. The minimum atomic E-state index is 0.170. The zero-order chi connectivity index (χ0) is 7.45. The lowest BCUT2D eigenvalue weighted by molar-refractivity contribution is -0.818. The second-order valence-electron chi connectivity index (χ2n) is 2.59. The number of nitrogens with zero attached hydrogens (tertiary/aromatic N) is 2. The molecule has 1 rings (SSSR count). The first kappa shape index (κ1) is 8.27. The average molecular weight is 165 g/mol. The van der Waals surface area contributed by atoms with Crippen molar-refractivity contribution < 1.29 is 9.11 Å². The molecule has 0 unspecified atom stereocenters. The Morgan fingerprint density at radius 1 is 1.40 bits per heavy atom. The first-order chi connectivity index (χ1) is 4.77. The van der Waals surface area contributed by atoms with E-state index in [2.05, 4.69) is 5.32 Å². The van der Waals surface area contributed by atoms with Crippen LogP contribution in [0.5, 0.6) is 0 Å². The van der Waals surface area contributed by atoms with Gasteiger partial charge in [0.15, 0.2) is 11.8 Å². The Kier molecular flexibility index (Phi) is 2.92. The number of hydrogen-bond donors (Lipinski definition) is 1. The molecule has 0 amide bonds. The normalized spacial score (nSPS) is 24.6. The Morgan fingerprint density at radius 2 is 2.00 bits per heavy atom. The number of rotatable bonds is 2. The first-order valence-corrected chi connectivity index (χ1v) is 3.90. The summed E-state index contributed by atoms with van der Waals surface area (Å²) in [5.41, 5.74) is 0. The molecule has 1 radical (unpaired) electrons. The van der Waals surface area contributed by atoms with Gasteiger partial charge in [0.05, 0.1) is 19.7 Å². The number of hydrogen-bond acceptors (Lipinski definition) is 1. The zero-order valence-corrected chi connectivity index (χ0v) is 6.72. The van der Waals surface area contributed by atoms with Crippen molar-refractivity contribution in [1.29, 1.82) is 0 Å². The zero-order valence-electron chi connectivity index (χ0n) is 5.96. The predicted octanol–water partition coefficient (Wildman–Crippen LogP) is -0.433. The van der Waals surface area contributed by atoms with Crippen molar-refractivity contribution in [1.82, 2.24) is 5.32 Å². The van der Waals surface area contributed by atoms with Gasteiger partial charge in [0.1, 0.15) is 19.6 Å². The van der Waals surface area contributed by atoms with Crippen LogP contribution in [0.1, 0.15) is 0 Å². The molecule has 3 nitrogen and oxygen atoms in total. The molecule has 10 heavy (non-hydrogen) atoms. The molecule has 0 aliphatic carbocycles. The fourth-order valence-electron chi connectivity index (χ4n) is 1.13. The second-order valence-corrected chi connectivity index (χ2v) is 3.31. The molecule has 0 saturated carbocycles. The highest BCUT2D eigenvalue weighted by atomic mass is 35.5. The number of piperazine rings is 1. The largest absolute Gasteiger partial charge is 0.390 e. The summed E-state index contributed by atoms with van der Waals surface area (Å²) in [6.07, 6.45) is 0. The van der Waals surface area contributed by atoms with Gasteiger partial charge in [-0.05, 0) is 0 Å². The Balaban J connectivity index is 2.32. The highest BCUT2D eigenvalue weighted by molar-refractivity contribution is 6.06. The molecule has 0 bridgehead atoms. The van der Waals surface area contributed by atoms with Gasteiger partial charge >= 0.3 is 0 Å². The third-order valence-electron chi connectivity index (χ3n) is 1.82. The molecule has 1 N–H and O–H groups in total. The molecule has 0 atom stereocenters. The van der Waals surface area contributed by atoms with Crippen LogP contribution >= 0.6 is 11.8 Å². The van der Waals surface area contributed by atoms with E-state index in [9.17, 15) is 0 Å². The van der Waals surface area contributed by atoms with Crippen LogP contribution in [0.3, 0.4) is 0 Å². The molecule has 1 aliphatic heterocycles. The third kappa shape index (κ3) is 2.09. The van der Waals surface area contributed by atoms with Gasteiger partial charge in [-0.3, -0.25) is 0 Å². The van der Waals surface area contributed by atoms with Gasteiger partial charge < -0.3 is 5.11 Å². The van der Waals surface area contributed by atoms with E-state index in [0.717, 1.165) is 26.2 Å². The maximum absolute atomic E-state index is 8.65. The third-order valence-corrected chi connectivity index (χ3v) is 2.33. The summed E-state index contributed by atoms with van der Waals surface area (Å²) >= 11 is 6.09. The van der Waals surface area contributed by atoms with E-state index >= 15 is 0 Å². The highest BCUT2D eigenvalue weighted by Crippen LogP contribution is 2.12. The lowest BCUT2D eigenvalue weighted by Gasteiger charge is -2.31. The van der Waals surface area contributed by atoms with E-state index < -0.39 is 0 Å². The van der Waals surface area contributed by atoms with Gasteiger partial charge in [-0.25, -0.2) is 9.32 Å². The standard InChI is InChI=1S/C6H13ClN2O/c7-9(5-6-10)3-1-8-2-4-9/h10H,1-6H2/q+1. The maximum atomic E-state index is 8.65. The summed E-state index contributed by atoms with van der Waals surface area (Å²) in [6.45, 7) is 4.22. The van der Waals surface area contributed by atoms with Crippen LogP contribution < -0.4 is 5.32 Å². The van der Waals surface area contributed by atoms with Crippen LogP contribution in [-0.2, 0) is 0 Å². The number of quaternary nitrogens is 1. The molecule has 0 aromatic carbocycles. The lowest BCUT2D eigenvalue weighted by Crippen LogP contribution is -2.51. The summed E-state index contributed by atoms with van der Waals surface area (Å²) in [5, 5.41) is 12.8. The fourth-order valence-corrected chi connectivity index (χ4v) is 1.35. The van der Waals surface area contributed by atoms with Crippen molar-refractivity contribution in [3.63, 3.8) is 0 Å². The number of aliphatic hydroxyl groups excluding tert-OH is 1. The Labute approximate surface area is 66.3 Å². The van der Waals surface area contributed by atoms with Gasteiger partial charge in [0.25, 0.3) is 0 Å². The van der Waals surface area contributed by atoms with Crippen molar-refractivity contribution in [2.24, 2.45) is 0 Å². The topological polar surface area (TPSA) is 34.3 Å². The number of halogens is 1. The highest BCUT2D eigenvalue weighted by Gasteiger charge is 2.27. The molecule has 1 aliphatic rings. The van der Waals surface area contributed by atoms with E-state index in [1.54, 1.807) is 0 Å². The minimum absolute atomic E-state index is 0.170. The van der Waals surface area contributed by atoms with Crippen molar-refractivity contribution in [3.05, 3.63) is 0 Å². The average Bonchev–Trinajstić information content (AvgIpc) is 1.89. The van der Waals surface area contributed by atoms with Crippen molar-refractivity contribution in [3.8, 4) is 0 Å². The van der Waals surface area contributed by atoms with Crippen LogP contribution in [0.15, 0.2) is 0 Å². The van der Waals surface area contributed by atoms with Gasteiger partial charge in [-0.2, -0.15) is 0 Å². The van der Waals surface area contributed by atoms with Gasteiger partial charge in [0.2, 0.25) is 0 Å². The quantitative estimate of drug-likeness (QED) is 0.553. The summed E-state index contributed by atoms with van der Waals surface area (Å²) in [6, 6.07) is 0. The molecular weight excluding hydrogens is 152 g/mol. The van der Waals surface area contributed by atoms with E-state index in [0.29, 0.717) is 10.5 Å². The van der Waals surface area contributed by atoms with Crippen molar-refractivity contribution >= 4 is 11.8 Å². The second kappa shape index (κ2) is 3.53. The Morgan fingerprint density at radius 3 is 2.50 bits per heavy atom. The molecular formula is C6H13ClN2O+. The lowest BCUT2D eigenvalue weighted by atomic mass is 10.3. The summed E-state index contributed by atoms with van der Waals surface area (Å²) < 4.78 is 0.472. The summed E-state index contributed by atoms with van der Waals surface area (Å²) in [4.78, 5) is 0. The van der Waals surface area contributed by atoms with E-state index in [-0.39, 0.29) is 6.61 Å². The van der Waals surface area contributed by atoms with E-state index in [4.69, 9.17) is 16.9 Å². The van der Waals surface area contributed by atoms with Crippen LogP contribution in [0.25, 0.3) is 0 Å². The van der Waals surface area contributed by atoms with Crippen molar-refractivity contribution in [2.45, 2.75) is 0 Å². The molecule has 1 fully saturated rings. The van der Waals surface area contributed by atoms with Crippen LogP contribution in [-0.4, -0.2) is 48.4 Å². The molecule has 1 heterocycles. The maximum Gasteiger partial charge on any atom is 0.165 e. The monoisotopic (exact) mass is 164 g/mol. The van der Waals surface area contributed by atoms with Gasteiger partial charge in [-0.1, -0.05) is 0 Å². The smallest absolute Gasteiger partial charge is 0.165 e. The van der Waals surface area contributed by atoms with Crippen LogP contribution in [0.2, 0.25) is 0 Å². The Hall–Kier alpha value is 0.170. The van der Waals surface area contributed by atoms with E-state index in [1.165, 1.54) is 0 Å². The molecule has 4 heteroatoms. The summed E-state index contributed by atoms with van der Waals surface area (Å²) in [5.74, 6) is 0. The Bertz CT molecular complexity index is 98.4. The molecule has 0 aromatic rings. The summed E-state index contributed by atoms with van der Waals surface area (Å²) in [7, 11) is 0. The predicted molar refractivity (Wildman–Crippen MR) is 39.7 cm³/mol. The first-order valence-electron chi connectivity index (χ1n) is 3.57. The van der Waals surface area contributed by atoms with Crippen molar-refractivity contribution in [2.75, 3.05) is 39.3 Å². The molecule has 59 valence electrons. The van der Waals surface area contributed by atoms with Crippen LogP contribution in [0.4, 0.5) is 0 Å². The van der Waals surface area contributed by atoms with Gasteiger partial charge in [-0.15, -0.1) is 0 Å². The molecule has 0 spiro atoms. The van der Waals surface area contributed by atoms with E-state index in [1.807, 2.05) is 0 Å². The van der Waals surface area contributed by atoms with Gasteiger partial charge in [0, 0.05) is 0 Å². The SMILES string of the molecule is OCC[N+]1(Cl)CC[N]CC1. The fraction of sp³-hybridized carbons (Fsp3) is 1.00.